The molecule has 0 aliphatic carbocycles. The highest BCUT2D eigenvalue weighted by Crippen LogP contribution is 2.25. The molecule has 6 heteroatoms. The highest BCUT2D eigenvalue weighted by Gasteiger charge is 2.08. The fourth-order valence-electron chi connectivity index (χ4n) is 1.45. The van der Waals surface area contributed by atoms with Crippen molar-refractivity contribution in [3.05, 3.63) is 23.2 Å². The third kappa shape index (κ3) is 4.14. The third-order valence-electron chi connectivity index (χ3n) is 2.33. The second kappa shape index (κ2) is 6.82. The van der Waals surface area contributed by atoms with Crippen molar-refractivity contribution in [1.82, 2.24) is 4.98 Å². The zero-order valence-electron chi connectivity index (χ0n) is 10.5. The Bertz CT molecular complexity index is 570. The Morgan fingerprint density at radius 3 is 3.16 bits per heavy atom. The predicted molar refractivity (Wildman–Crippen MR) is 75.6 cm³/mol. The Balaban J connectivity index is 1.86. The Labute approximate surface area is 120 Å². The summed E-state index contributed by atoms with van der Waals surface area (Å²) in [7, 11) is 0. The number of carbonyl (C=O) groups is 1. The highest BCUT2D eigenvalue weighted by atomic mass is 35.5. The number of carbonyl (C=O) groups excluding carboxylic acids is 1. The summed E-state index contributed by atoms with van der Waals surface area (Å²) >= 11 is 7.26. The van der Waals surface area contributed by atoms with Crippen molar-refractivity contribution < 1.29 is 13.9 Å². The van der Waals surface area contributed by atoms with Crippen molar-refractivity contribution in [2.45, 2.75) is 25.0 Å². The van der Waals surface area contributed by atoms with Crippen LogP contribution in [0.15, 0.2) is 27.8 Å². The van der Waals surface area contributed by atoms with Crippen LogP contribution in [0.2, 0.25) is 5.02 Å². The van der Waals surface area contributed by atoms with E-state index >= 15 is 0 Å². The number of rotatable bonds is 6. The number of benzene rings is 1. The second-order valence-corrected chi connectivity index (χ2v) is 5.39. The van der Waals surface area contributed by atoms with E-state index in [1.807, 2.05) is 6.92 Å². The van der Waals surface area contributed by atoms with Crippen LogP contribution in [0, 0.1) is 0 Å². The number of hydrogen-bond acceptors (Lipinski definition) is 5. The lowest BCUT2D eigenvalue weighted by Gasteiger charge is -2.00. The van der Waals surface area contributed by atoms with E-state index in [9.17, 15) is 4.79 Å². The molecule has 0 amide bonds. The van der Waals surface area contributed by atoms with Gasteiger partial charge in [0.25, 0.3) is 5.22 Å². The molecule has 2 aromatic rings. The van der Waals surface area contributed by atoms with Gasteiger partial charge in [-0.3, -0.25) is 4.79 Å². The monoisotopic (exact) mass is 299 g/mol. The number of hydrogen-bond donors (Lipinski definition) is 0. The molecule has 0 spiro atoms. The summed E-state index contributed by atoms with van der Waals surface area (Å²) in [5.74, 6) is 0.400. The molecule has 0 saturated carbocycles. The van der Waals surface area contributed by atoms with Crippen LogP contribution in [0.1, 0.15) is 19.8 Å². The molecular formula is C13H14ClNO3S. The molecule has 1 heterocycles. The number of nitrogens with zero attached hydrogens (tertiary/aromatic N) is 1. The van der Waals surface area contributed by atoms with Gasteiger partial charge in [0.1, 0.15) is 5.52 Å². The molecule has 0 fully saturated rings. The minimum Gasteiger partial charge on any atom is -0.466 e. The summed E-state index contributed by atoms with van der Waals surface area (Å²) in [6, 6.07) is 5.29. The minimum atomic E-state index is -0.187. The Morgan fingerprint density at radius 1 is 1.53 bits per heavy atom. The van der Waals surface area contributed by atoms with E-state index in [0.29, 0.717) is 34.6 Å². The van der Waals surface area contributed by atoms with E-state index in [-0.39, 0.29) is 5.97 Å². The fourth-order valence-corrected chi connectivity index (χ4v) is 2.37. The molecular weight excluding hydrogens is 286 g/mol. The minimum absolute atomic E-state index is 0.187. The number of fused-ring (bicyclic) bond motifs is 1. The van der Waals surface area contributed by atoms with Gasteiger partial charge in [-0.1, -0.05) is 30.3 Å². The Kier molecular flexibility index (Phi) is 5.10. The van der Waals surface area contributed by atoms with Crippen LogP contribution in [-0.2, 0) is 9.53 Å². The van der Waals surface area contributed by atoms with E-state index < -0.39 is 0 Å². The fraction of sp³-hybridized carbons (Fsp3) is 0.385. The van der Waals surface area contributed by atoms with E-state index in [4.69, 9.17) is 20.8 Å². The summed E-state index contributed by atoms with van der Waals surface area (Å²) in [5.41, 5.74) is 1.42. The molecule has 0 radical (unpaired) electrons. The van der Waals surface area contributed by atoms with Gasteiger partial charge in [-0.25, -0.2) is 4.98 Å². The SMILES string of the molecule is CCCOC(=O)CCSc1nc2cc(Cl)ccc2o1. The van der Waals surface area contributed by atoms with Crippen LogP contribution in [0.3, 0.4) is 0 Å². The van der Waals surface area contributed by atoms with Gasteiger partial charge in [-0.05, 0) is 24.6 Å². The summed E-state index contributed by atoms with van der Waals surface area (Å²) in [5, 5.41) is 1.17. The van der Waals surface area contributed by atoms with E-state index in [1.54, 1.807) is 18.2 Å². The molecule has 0 aliphatic rings. The summed E-state index contributed by atoms with van der Waals surface area (Å²) in [4.78, 5) is 15.6. The predicted octanol–water partition coefficient (Wildman–Crippen LogP) is 3.92. The molecule has 2 rings (SSSR count). The molecule has 0 unspecified atom stereocenters. The maximum atomic E-state index is 11.3. The maximum Gasteiger partial charge on any atom is 0.306 e. The molecule has 0 bridgehead atoms. The van der Waals surface area contributed by atoms with Crippen LogP contribution < -0.4 is 0 Å². The van der Waals surface area contributed by atoms with Crippen molar-refractivity contribution in [2.24, 2.45) is 0 Å². The van der Waals surface area contributed by atoms with Crippen molar-refractivity contribution >= 4 is 40.4 Å². The number of halogens is 1. The van der Waals surface area contributed by atoms with Gasteiger partial charge in [0.2, 0.25) is 0 Å². The zero-order chi connectivity index (χ0) is 13.7. The molecule has 19 heavy (non-hydrogen) atoms. The van der Waals surface area contributed by atoms with Gasteiger partial charge in [-0.15, -0.1) is 0 Å². The topological polar surface area (TPSA) is 52.3 Å². The average Bonchev–Trinajstić information content (AvgIpc) is 2.78. The van der Waals surface area contributed by atoms with Crippen molar-refractivity contribution in [3.63, 3.8) is 0 Å². The van der Waals surface area contributed by atoms with Gasteiger partial charge in [0.05, 0.1) is 13.0 Å². The molecule has 0 atom stereocenters. The highest BCUT2D eigenvalue weighted by molar-refractivity contribution is 7.99. The van der Waals surface area contributed by atoms with Crippen LogP contribution in [0.5, 0.6) is 0 Å². The lowest BCUT2D eigenvalue weighted by molar-refractivity contribution is -0.143. The molecule has 1 aromatic carbocycles. The van der Waals surface area contributed by atoms with E-state index in [1.165, 1.54) is 11.8 Å². The number of aromatic nitrogens is 1. The number of oxazole rings is 1. The number of ether oxygens (including phenoxy) is 1. The second-order valence-electron chi connectivity index (χ2n) is 3.91. The van der Waals surface area contributed by atoms with Gasteiger partial charge >= 0.3 is 5.97 Å². The first-order valence-electron chi connectivity index (χ1n) is 6.03. The molecule has 0 N–H and O–H groups in total. The average molecular weight is 300 g/mol. The summed E-state index contributed by atoms with van der Waals surface area (Å²) in [6.45, 7) is 2.44. The normalized spacial score (nSPS) is 10.8. The standard InChI is InChI=1S/C13H14ClNO3S/c1-2-6-17-12(16)5-7-19-13-15-10-8-9(14)3-4-11(10)18-13/h3-4,8H,2,5-7H2,1H3. The van der Waals surface area contributed by atoms with Crippen molar-refractivity contribution in [1.29, 1.82) is 0 Å². The van der Waals surface area contributed by atoms with Crippen LogP contribution in [0.25, 0.3) is 11.1 Å². The number of esters is 1. The molecule has 1 aromatic heterocycles. The van der Waals surface area contributed by atoms with Crippen LogP contribution in [-0.4, -0.2) is 23.3 Å². The lowest BCUT2D eigenvalue weighted by Crippen LogP contribution is -2.05. The Hall–Kier alpha value is -1.20. The van der Waals surface area contributed by atoms with Gasteiger partial charge < -0.3 is 9.15 Å². The van der Waals surface area contributed by atoms with Crippen molar-refractivity contribution in [2.75, 3.05) is 12.4 Å². The Morgan fingerprint density at radius 2 is 2.37 bits per heavy atom. The lowest BCUT2D eigenvalue weighted by atomic mass is 10.3. The van der Waals surface area contributed by atoms with Gasteiger partial charge in [0.15, 0.2) is 5.58 Å². The largest absolute Gasteiger partial charge is 0.466 e. The third-order valence-corrected chi connectivity index (χ3v) is 3.39. The van der Waals surface area contributed by atoms with Gasteiger partial charge in [0, 0.05) is 10.8 Å². The molecule has 4 nitrogen and oxygen atoms in total. The smallest absolute Gasteiger partial charge is 0.306 e. The maximum absolute atomic E-state index is 11.3. The quantitative estimate of drug-likeness (QED) is 0.598. The molecule has 102 valence electrons. The summed E-state index contributed by atoms with van der Waals surface area (Å²) < 4.78 is 10.5. The first kappa shape index (κ1) is 14.2. The zero-order valence-corrected chi connectivity index (χ0v) is 12.1. The van der Waals surface area contributed by atoms with Crippen molar-refractivity contribution in [3.8, 4) is 0 Å². The molecule has 0 saturated heterocycles. The first-order valence-corrected chi connectivity index (χ1v) is 7.40. The summed E-state index contributed by atoms with van der Waals surface area (Å²) in [6.07, 6.45) is 1.19. The van der Waals surface area contributed by atoms with E-state index in [0.717, 1.165) is 11.9 Å². The number of thioether (sulfide) groups is 1. The van der Waals surface area contributed by atoms with Crippen LogP contribution >= 0.6 is 23.4 Å². The first-order chi connectivity index (χ1) is 9.19. The van der Waals surface area contributed by atoms with Crippen LogP contribution in [0.4, 0.5) is 0 Å². The van der Waals surface area contributed by atoms with Gasteiger partial charge in [-0.2, -0.15) is 0 Å². The van der Waals surface area contributed by atoms with E-state index in [2.05, 4.69) is 4.98 Å². The molecule has 0 aliphatic heterocycles.